The molecular weight excluding hydrogens is 240 g/mol. The highest BCUT2D eigenvalue weighted by Crippen LogP contribution is 2.32. The Bertz CT molecular complexity index is 427. The minimum absolute atomic E-state index is 0.104. The lowest BCUT2D eigenvalue weighted by Gasteiger charge is -2.10. The Labute approximate surface area is 105 Å². The average molecular weight is 255 g/mol. The third-order valence-corrected chi connectivity index (χ3v) is 3.05. The zero-order valence-corrected chi connectivity index (χ0v) is 10.4. The van der Waals surface area contributed by atoms with E-state index in [9.17, 15) is 4.79 Å². The van der Waals surface area contributed by atoms with E-state index >= 15 is 0 Å². The summed E-state index contributed by atoms with van der Waals surface area (Å²) in [5, 5.41) is 9.39. The standard InChI is InChI=1S/C13H15ClO3/c1-8(7-15)13(16)9-2-5-12(11(14)6-9)17-10-3-4-10/h2,5-6,8,10,15H,3-4,7H2,1H3/t8-/m1/s1. The summed E-state index contributed by atoms with van der Waals surface area (Å²) >= 11 is 6.05. The van der Waals surface area contributed by atoms with Crippen LogP contribution >= 0.6 is 11.6 Å². The molecular formula is C13H15ClO3. The third kappa shape index (κ3) is 2.99. The molecule has 1 aromatic carbocycles. The Morgan fingerprint density at radius 3 is 2.82 bits per heavy atom. The molecule has 1 atom stereocenters. The molecule has 1 aliphatic rings. The summed E-state index contributed by atoms with van der Waals surface area (Å²) in [6.45, 7) is 1.53. The molecule has 3 nitrogen and oxygen atoms in total. The second-order valence-electron chi connectivity index (χ2n) is 4.41. The quantitative estimate of drug-likeness (QED) is 0.822. The lowest BCUT2D eigenvalue weighted by molar-refractivity contribution is 0.0877. The van der Waals surface area contributed by atoms with Gasteiger partial charge < -0.3 is 9.84 Å². The fourth-order valence-corrected chi connectivity index (χ4v) is 1.71. The van der Waals surface area contributed by atoms with Gasteiger partial charge in [0.05, 0.1) is 17.7 Å². The van der Waals surface area contributed by atoms with Gasteiger partial charge in [-0.15, -0.1) is 0 Å². The van der Waals surface area contributed by atoms with Crippen LogP contribution < -0.4 is 4.74 Å². The normalized spacial score (nSPS) is 16.6. The first-order valence-corrected chi connectivity index (χ1v) is 6.11. The van der Waals surface area contributed by atoms with Crippen LogP contribution in [0.1, 0.15) is 30.1 Å². The molecule has 1 N–H and O–H groups in total. The molecule has 0 aromatic heterocycles. The number of hydrogen-bond donors (Lipinski definition) is 1. The van der Waals surface area contributed by atoms with Crippen LogP contribution in [0.2, 0.25) is 5.02 Å². The predicted octanol–water partition coefficient (Wildman–Crippen LogP) is 2.69. The number of ether oxygens (including phenoxy) is 1. The van der Waals surface area contributed by atoms with Crippen LogP contribution in [0, 0.1) is 5.92 Å². The van der Waals surface area contributed by atoms with Crippen molar-refractivity contribution in [2.24, 2.45) is 5.92 Å². The number of halogens is 1. The third-order valence-electron chi connectivity index (χ3n) is 2.76. The van der Waals surface area contributed by atoms with Gasteiger partial charge in [-0.05, 0) is 31.0 Å². The summed E-state index contributed by atoms with van der Waals surface area (Å²) in [5.41, 5.74) is 0.514. The van der Waals surface area contributed by atoms with Crippen molar-refractivity contribution >= 4 is 17.4 Å². The molecule has 2 rings (SSSR count). The number of carbonyl (C=O) groups excluding carboxylic acids is 1. The van der Waals surface area contributed by atoms with Crippen molar-refractivity contribution < 1.29 is 14.6 Å². The van der Waals surface area contributed by atoms with E-state index in [0.29, 0.717) is 16.3 Å². The van der Waals surface area contributed by atoms with E-state index in [-0.39, 0.29) is 18.5 Å². The topological polar surface area (TPSA) is 46.5 Å². The molecule has 1 fully saturated rings. The van der Waals surface area contributed by atoms with Gasteiger partial charge in [0.15, 0.2) is 5.78 Å². The maximum Gasteiger partial charge on any atom is 0.168 e. The Hall–Kier alpha value is -1.06. The van der Waals surface area contributed by atoms with E-state index in [2.05, 4.69) is 0 Å². The summed E-state index contributed by atoms with van der Waals surface area (Å²) in [6.07, 6.45) is 2.42. The molecule has 4 heteroatoms. The van der Waals surface area contributed by atoms with Gasteiger partial charge in [-0.3, -0.25) is 4.79 Å². The number of rotatable bonds is 5. The largest absolute Gasteiger partial charge is 0.489 e. The van der Waals surface area contributed by atoms with E-state index < -0.39 is 5.92 Å². The molecule has 1 saturated carbocycles. The highest BCUT2D eigenvalue weighted by atomic mass is 35.5. The van der Waals surface area contributed by atoms with E-state index in [0.717, 1.165) is 12.8 Å². The van der Waals surface area contributed by atoms with Crippen molar-refractivity contribution in [3.8, 4) is 5.75 Å². The van der Waals surface area contributed by atoms with Crippen molar-refractivity contribution in [1.29, 1.82) is 0 Å². The van der Waals surface area contributed by atoms with Gasteiger partial charge in [0.25, 0.3) is 0 Å². The summed E-state index contributed by atoms with van der Waals surface area (Å²) in [6, 6.07) is 5.02. The minimum Gasteiger partial charge on any atom is -0.489 e. The van der Waals surface area contributed by atoms with Crippen molar-refractivity contribution in [2.75, 3.05) is 6.61 Å². The minimum atomic E-state index is -0.402. The van der Waals surface area contributed by atoms with Crippen LogP contribution in [0.4, 0.5) is 0 Å². The smallest absolute Gasteiger partial charge is 0.168 e. The summed E-state index contributed by atoms with van der Waals surface area (Å²) in [4.78, 5) is 11.8. The monoisotopic (exact) mass is 254 g/mol. The van der Waals surface area contributed by atoms with Crippen molar-refractivity contribution in [2.45, 2.75) is 25.9 Å². The highest BCUT2D eigenvalue weighted by molar-refractivity contribution is 6.32. The number of hydrogen-bond acceptors (Lipinski definition) is 3. The average Bonchev–Trinajstić information content (AvgIpc) is 3.13. The Morgan fingerprint density at radius 1 is 1.59 bits per heavy atom. The van der Waals surface area contributed by atoms with Gasteiger partial charge in [-0.2, -0.15) is 0 Å². The lowest BCUT2D eigenvalue weighted by Crippen LogP contribution is -2.15. The number of aliphatic hydroxyl groups is 1. The van der Waals surface area contributed by atoms with Gasteiger partial charge >= 0.3 is 0 Å². The van der Waals surface area contributed by atoms with E-state index in [1.165, 1.54) is 0 Å². The fraction of sp³-hybridized carbons (Fsp3) is 0.462. The first kappa shape index (κ1) is 12.4. The van der Waals surface area contributed by atoms with Crippen molar-refractivity contribution in [3.63, 3.8) is 0 Å². The molecule has 17 heavy (non-hydrogen) atoms. The molecule has 0 bridgehead atoms. The zero-order chi connectivity index (χ0) is 12.4. The van der Waals surface area contributed by atoms with Gasteiger partial charge in [0.2, 0.25) is 0 Å². The van der Waals surface area contributed by atoms with Crippen LogP contribution in [0.25, 0.3) is 0 Å². The molecule has 1 aliphatic carbocycles. The molecule has 0 unspecified atom stereocenters. The van der Waals surface area contributed by atoms with E-state index in [1.54, 1.807) is 25.1 Å². The SMILES string of the molecule is C[C@H](CO)C(=O)c1ccc(OC2CC2)c(Cl)c1. The van der Waals surface area contributed by atoms with Crippen LogP contribution in [-0.4, -0.2) is 23.6 Å². The molecule has 92 valence electrons. The number of aliphatic hydroxyl groups excluding tert-OH is 1. The lowest BCUT2D eigenvalue weighted by atomic mass is 10.0. The van der Waals surface area contributed by atoms with E-state index in [4.69, 9.17) is 21.4 Å². The first-order chi connectivity index (χ1) is 8.11. The van der Waals surface area contributed by atoms with Crippen LogP contribution in [0.15, 0.2) is 18.2 Å². The van der Waals surface area contributed by atoms with Gasteiger partial charge in [0, 0.05) is 11.5 Å². The summed E-state index contributed by atoms with van der Waals surface area (Å²) in [7, 11) is 0. The summed E-state index contributed by atoms with van der Waals surface area (Å²) < 4.78 is 5.58. The molecule has 0 aliphatic heterocycles. The van der Waals surface area contributed by atoms with Crippen molar-refractivity contribution in [1.82, 2.24) is 0 Å². The maximum atomic E-state index is 11.8. The zero-order valence-electron chi connectivity index (χ0n) is 9.65. The van der Waals surface area contributed by atoms with Gasteiger partial charge in [-0.1, -0.05) is 18.5 Å². The number of carbonyl (C=O) groups is 1. The molecule has 0 spiro atoms. The molecule has 0 radical (unpaired) electrons. The molecule has 0 saturated heterocycles. The Morgan fingerprint density at radius 2 is 2.29 bits per heavy atom. The van der Waals surface area contributed by atoms with Crippen LogP contribution in [0.5, 0.6) is 5.75 Å². The fourth-order valence-electron chi connectivity index (χ4n) is 1.48. The number of benzene rings is 1. The van der Waals surface area contributed by atoms with E-state index in [1.807, 2.05) is 0 Å². The predicted molar refractivity (Wildman–Crippen MR) is 65.7 cm³/mol. The summed E-state index contributed by atoms with van der Waals surface area (Å²) in [5.74, 6) is 0.121. The van der Waals surface area contributed by atoms with Crippen LogP contribution in [-0.2, 0) is 0 Å². The highest BCUT2D eigenvalue weighted by Gasteiger charge is 2.24. The van der Waals surface area contributed by atoms with Crippen molar-refractivity contribution in [3.05, 3.63) is 28.8 Å². The number of ketones is 1. The molecule has 0 heterocycles. The van der Waals surface area contributed by atoms with Crippen LogP contribution in [0.3, 0.4) is 0 Å². The van der Waals surface area contributed by atoms with Gasteiger partial charge in [0.1, 0.15) is 5.75 Å². The number of Topliss-reactive ketones (excluding diaryl/α,β-unsaturated/α-hetero) is 1. The second kappa shape index (κ2) is 5.07. The molecule has 1 aromatic rings. The Balaban J connectivity index is 2.14. The first-order valence-electron chi connectivity index (χ1n) is 5.73. The second-order valence-corrected chi connectivity index (χ2v) is 4.82. The maximum absolute atomic E-state index is 11.8. The Kier molecular flexibility index (Phi) is 3.69. The van der Waals surface area contributed by atoms with Gasteiger partial charge in [-0.25, -0.2) is 0 Å². The molecule has 0 amide bonds.